The van der Waals surface area contributed by atoms with Gasteiger partial charge in [-0.25, -0.2) is 0 Å². The molecule has 5 heteroatoms. The first-order valence-electron chi connectivity index (χ1n) is 2.41. The molecule has 0 aromatic carbocycles. The Hall–Kier alpha value is -0.480. The molecule has 0 aliphatic carbocycles. The van der Waals surface area contributed by atoms with Crippen molar-refractivity contribution in [3.63, 3.8) is 0 Å². The largest absolute Gasteiger partial charge is 0.393 e. The van der Waals surface area contributed by atoms with Gasteiger partial charge in [-0.05, 0) is 18.5 Å². The third kappa shape index (κ3) is 2.41. The molecule has 0 unspecified atom stereocenters. The molecule has 56 valence electrons. The maximum Gasteiger partial charge on any atom is 0.256 e. The molecule has 0 atom stereocenters. The topological polar surface area (TPSA) is 66.9 Å². The van der Waals surface area contributed by atoms with Crippen LogP contribution in [0.15, 0.2) is 10.6 Å². The molecule has 3 N–H and O–H groups in total. The van der Waals surface area contributed by atoms with E-state index in [1.54, 1.807) is 0 Å². The number of halogens is 1. The Labute approximate surface area is 69.2 Å². The van der Waals surface area contributed by atoms with Crippen LogP contribution in [0.3, 0.4) is 0 Å². The van der Waals surface area contributed by atoms with Crippen LogP contribution in [0.4, 0.5) is 0 Å². The molecular weight excluding hydrogens is 172 g/mol. The van der Waals surface area contributed by atoms with Gasteiger partial charge in [-0.2, -0.15) is 0 Å². The second kappa shape index (κ2) is 3.63. The maximum atomic E-state index is 10.5. The number of rotatable bonds is 2. The molecule has 0 spiro atoms. The minimum absolute atomic E-state index is 0.0208. The summed E-state index contributed by atoms with van der Waals surface area (Å²) in [6.45, 7) is 1.42. The van der Waals surface area contributed by atoms with Crippen molar-refractivity contribution in [3.05, 3.63) is 10.6 Å². The quantitative estimate of drug-likeness (QED) is 0.255. The molecule has 0 saturated heterocycles. The van der Waals surface area contributed by atoms with Crippen LogP contribution >= 0.6 is 24.2 Å². The first-order chi connectivity index (χ1) is 4.46. The number of thiol groups is 1. The van der Waals surface area contributed by atoms with Gasteiger partial charge in [0.2, 0.25) is 0 Å². The fraction of sp³-hybridized carbons (Fsp3) is 0.200. The third-order valence-electron chi connectivity index (χ3n) is 0.828. The SMILES string of the molecule is CC(=N)/C(C(=O)Cl)=C(/N)S. The lowest BCUT2D eigenvalue weighted by Gasteiger charge is -1.98. The summed E-state index contributed by atoms with van der Waals surface area (Å²) in [5, 5.41) is 6.25. The molecule has 0 aromatic heterocycles. The number of allylic oxidation sites excluding steroid dienone is 1. The van der Waals surface area contributed by atoms with E-state index >= 15 is 0 Å². The molecule has 3 nitrogen and oxygen atoms in total. The van der Waals surface area contributed by atoms with Gasteiger partial charge in [-0.1, -0.05) is 0 Å². The van der Waals surface area contributed by atoms with Crippen molar-refractivity contribution in [1.82, 2.24) is 0 Å². The number of carbonyl (C=O) groups is 1. The predicted molar refractivity (Wildman–Crippen MR) is 44.5 cm³/mol. The van der Waals surface area contributed by atoms with Crippen LogP contribution in [0.2, 0.25) is 0 Å². The highest BCUT2D eigenvalue weighted by Crippen LogP contribution is 2.07. The number of nitrogens with two attached hydrogens (primary N) is 1. The van der Waals surface area contributed by atoms with Gasteiger partial charge in [0.25, 0.3) is 5.24 Å². The van der Waals surface area contributed by atoms with Crippen LogP contribution in [-0.4, -0.2) is 11.0 Å². The standard InChI is InChI=1S/C5H7ClN2OS/c1-2(7)3(4(6)9)5(8)10/h7,10H,8H2,1H3/b5-3+,7-2?. The zero-order valence-corrected chi connectivity index (χ0v) is 6.96. The number of hydrogen-bond acceptors (Lipinski definition) is 4. The van der Waals surface area contributed by atoms with E-state index in [0.717, 1.165) is 0 Å². The Morgan fingerprint density at radius 1 is 1.70 bits per heavy atom. The van der Waals surface area contributed by atoms with Crippen molar-refractivity contribution in [2.24, 2.45) is 5.73 Å². The average molecular weight is 179 g/mol. The fourth-order valence-corrected chi connectivity index (χ4v) is 1.02. The van der Waals surface area contributed by atoms with Crippen molar-refractivity contribution in [3.8, 4) is 0 Å². The molecule has 0 heterocycles. The summed E-state index contributed by atoms with van der Waals surface area (Å²) in [6.07, 6.45) is 0. The van der Waals surface area contributed by atoms with E-state index in [2.05, 4.69) is 12.6 Å². The molecular formula is C5H7ClN2OS. The van der Waals surface area contributed by atoms with Crippen molar-refractivity contribution < 1.29 is 4.79 Å². The van der Waals surface area contributed by atoms with Crippen LogP contribution in [0, 0.1) is 5.41 Å². The minimum Gasteiger partial charge on any atom is -0.393 e. The highest BCUT2D eigenvalue weighted by atomic mass is 35.5. The predicted octanol–water partition coefficient (Wildman–Crippen LogP) is 0.892. The van der Waals surface area contributed by atoms with E-state index < -0.39 is 5.24 Å². The van der Waals surface area contributed by atoms with Gasteiger partial charge in [0.1, 0.15) is 0 Å². The lowest BCUT2D eigenvalue weighted by Crippen LogP contribution is -2.09. The molecule has 0 aliphatic heterocycles. The van der Waals surface area contributed by atoms with Crippen LogP contribution in [-0.2, 0) is 4.79 Å². The van der Waals surface area contributed by atoms with E-state index in [0.29, 0.717) is 0 Å². The van der Waals surface area contributed by atoms with E-state index in [1.165, 1.54) is 6.92 Å². The van der Waals surface area contributed by atoms with Gasteiger partial charge < -0.3 is 11.1 Å². The van der Waals surface area contributed by atoms with E-state index in [9.17, 15) is 4.79 Å². The molecule has 0 radical (unpaired) electrons. The highest BCUT2D eigenvalue weighted by Gasteiger charge is 2.10. The summed E-state index contributed by atoms with van der Waals surface area (Å²) in [4.78, 5) is 10.5. The fourth-order valence-electron chi connectivity index (χ4n) is 0.440. The summed E-state index contributed by atoms with van der Waals surface area (Å²) in [7, 11) is 0. The number of carbonyl (C=O) groups excluding carboxylic acids is 1. The van der Waals surface area contributed by atoms with Gasteiger partial charge in [0.05, 0.1) is 10.6 Å². The van der Waals surface area contributed by atoms with Gasteiger partial charge in [-0.15, -0.1) is 12.6 Å². The molecule has 10 heavy (non-hydrogen) atoms. The minimum atomic E-state index is -0.750. The second-order valence-electron chi connectivity index (χ2n) is 1.66. The van der Waals surface area contributed by atoms with Crippen molar-refractivity contribution in [2.75, 3.05) is 0 Å². The van der Waals surface area contributed by atoms with Crippen molar-refractivity contribution in [1.29, 1.82) is 5.41 Å². The molecule has 0 aliphatic rings. The molecule has 0 bridgehead atoms. The van der Waals surface area contributed by atoms with Crippen LogP contribution in [0.25, 0.3) is 0 Å². The van der Waals surface area contributed by atoms with Crippen LogP contribution < -0.4 is 5.73 Å². The van der Waals surface area contributed by atoms with E-state index in [1.807, 2.05) is 0 Å². The number of nitrogens with one attached hydrogen (secondary N) is 1. The van der Waals surface area contributed by atoms with Crippen LogP contribution in [0.5, 0.6) is 0 Å². The van der Waals surface area contributed by atoms with Crippen molar-refractivity contribution >= 4 is 35.2 Å². The second-order valence-corrected chi connectivity index (χ2v) is 2.48. The Kier molecular flexibility index (Phi) is 3.46. The van der Waals surface area contributed by atoms with E-state index in [-0.39, 0.29) is 16.3 Å². The molecule has 0 fully saturated rings. The van der Waals surface area contributed by atoms with Crippen molar-refractivity contribution in [2.45, 2.75) is 6.92 Å². The first-order valence-corrected chi connectivity index (χ1v) is 3.23. The summed E-state index contributed by atoms with van der Waals surface area (Å²) in [6, 6.07) is 0. The Morgan fingerprint density at radius 2 is 2.10 bits per heavy atom. The summed E-state index contributed by atoms with van der Waals surface area (Å²) in [5.41, 5.74) is 5.12. The molecule has 0 amide bonds. The molecule has 0 aromatic rings. The zero-order valence-electron chi connectivity index (χ0n) is 5.31. The first kappa shape index (κ1) is 9.52. The summed E-state index contributed by atoms with van der Waals surface area (Å²) in [5.74, 6) is 0. The maximum absolute atomic E-state index is 10.5. The smallest absolute Gasteiger partial charge is 0.256 e. The highest BCUT2D eigenvalue weighted by molar-refractivity contribution is 7.84. The Bertz CT molecular complexity index is 192. The van der Waals surface area contributed by atoms with Gasteiger partial charge in [-0.3, -0.25) is 4.79 Å². The lowest BCUT2D eigenvalue weighted by atomic mass is 10.2. The molecule has 0 rings (SSSR count). The molecule has 0 saturated carbocycles. The normalized spacial score (nSPS) is 12.3. The average Bonchev–Trinajstić information content (AvgIpc) is 1.59. The van der Waals surface area contributed by atoms with Gasteiger partial charge in [0, 0.05) is 5.71 Å². The lowest BCUT2D eigenvalue weighted by molar-refractivity contribution is -0.108. The number of hydrogen-bond donors (Lipinski definition) is 3. The Balaban J connectivity index is 4.79. The van der Waals surface area contributed by atoms with Gasteiger partial charge in [0.15, 0.2) is 0 Å². The van der Waals surface area contributed by atoms with Gasteiger partial charge >= 0.3 is 0 Å². The Morgan fingerprint density at radius 3 is 2.10 bits per heavy atom. The summed E-state index contributed by atoms with van der Waals surface area (Å²) < 4.78 is 0. The zero-order chi connectivity index (χ0) is 8.31. The van der Waals surface area contributed by atoms with Crippen LogP contribution in [0.1, 0.15) is 6.92 Å². The van der Waals surface area contributed by atoms with E-state index in [4.69, 9.17) is 22.7 Å². The monoisotopic (exact) mass is 178 g/mol. The third-order valence-corrected chi connectivity index (χ3v) is 1.24. The summed E-state index contributed by atoms with van der Waals surface area (Å²) >= 11 is 8.75.